The highest BCUT2D eigenvalue weighted by atomic mass is 16.5. The Hall–Kier alpha value is -1.88. The number of hydrogen-bond acceptors (Lipinski definition) is 4. The first-order valence-corrected chi connectivity index (χ1v) is 8.03. The Morgan fingerprint density at radius 2 is 2.18 bits per heavy atom. The summed E-state index contributed by atoms with van der Waals surface area (Å²) < 4.78 is 7.87. The molecule has 2 aromatic rings. The topological polar surface area (TPSA) is 43.2 Å². The average molecular weight is 300 g/mol. The van der Waals surface area contributed by atoms with Crippen LogP contribution in [-0.2, 0) is 13.1 Å². The van der Waals surface area contributed by atoms with Crippen LogP contribution in [0.5, 0.6) is 5.75 Å². The van der Waals surface area contributed by atoms with Gasteiger partial charge in [-0.15, -0.1) is 0 Å². The number of benzene rings is 1. The third-order valence-electron chi connectivity index (χ3n) is 4.07. The van der Waals surface area contributed by atoms with E-state index in [4.69, 9.17) is 4.74 Å². The Kier molecular flexibility index (Phi) is 4.73. The molecule has 5 heteroatoms. The van der Waals surface area contributed by atoms with Crippen LogP contribution in [0.4, 0.5) is 0 Å². The molecule has 0 radical (unpaired) electrons. The van der Waals surface area contributed by atoms with Crippen molar-refractivity contribution in [3.05, 3.63) is 42.5 Å². The molecular formula is C17H24N4O. The van der Waals surface area contributed by atoms with Gasteiger partial charge in [-0.1, -0.05) is 18.2 Å². The summed E-state index contributed by atoms with van der Waals surface area (Å²) in [4.78, 5) is 6.57. The van der Waals surface area contributed by atoms with E-state index < -0.39 is 0 Å². The normalized spacial score (nSPS) is 19.0. The Bertz CT molecular complexity index is 582. The summed E-state index contributed by atoms with van der Waals surface area (Å²) in [6.45, 7) is 7.12. The lowest BCUT2D eigenvalue weighted by molar-refractivity contribution is 0.206. The second kappa shape index (κ2) is 6.92. The van der Waals surface area contributed by atoms with Crippen molar-refractivity contribution in [1.82, 2.24) is 19.7 Å². The van der Waals surface area contributed by atoms with E-state index in [0.717, 1.165) is 25.4 Å². The van der Waals surface area contributed by atoms with E-state index in [1.54, 1.807) is 12.7 Å². The first kappa shape index (κ1) is 15.0. The molecule has 0 spiro atoms. The van der Waals surface area contributed by atoms with Gasteiger partial charge in [-0.05, 0) is 39.3 Å². The Labute approximate surface area is 131 Å². The number of rotatable bonds is 6. The molecule has 1 aliphatic rings. The molecule has 0 amide bonds. The SMILES string of the molecule is CC(C)Oc1ccccc1CN1CCC[C@@H]1Cn1cncn1. The second-order valence-corrected chi connectivity index (χ2v) is 6.16. The van der Waals surface area contributed by atoms with Crippen molar-refractivity contribution in [2.75, 3.05) is 6.54 Å². The maximum absolute atomic E-state index is 5.94. The van der Waals surface area contributed by atoms with Crippen LogP contribution in [0.15, 0.2) is 36.9 Å². The lowest BCUT2D eigenvalue weighted by Gasteiger charge is -2.25. The van der Waals surface area contributed by atoms with E-state index in [2.05, 4.69) is 47.0 Å². The molecule has 0 N–H and O–H groups in total. The van der Waals surface area contributed by atoms with Crippen LogP contribution in [0, 0.1) is 0 Å². The fraction of sp³-hybridized carbons (Fsp3) is 0.529. The van der Waals surface area contributed by atoms with Gasteiger partial charge < -0.3 is 4.74 Å². The minimum absolute atomic E-state index is 0.200. The highest BCUT2D eigenvalue weighted by Crippen LogP contribution is 2.26. The largest absolute Gasteiger partial charge is 0.491 e. The summed E-state index contributed by atoms with van der Waals surface area (Å²) in [5.74, 6) is 1.00. The van der Waals surface area contributed by atoms with Gasteiger partial charge in [-0.25, -0.2) is 4.98 Å². The maximum atomic E-state index is 5.94. The molecule has 0 bridgehead atoms. The Balaban J connectivity index is 1.69. The summed E-state index contributed by atoms with van der Waals surface area (Å²) in [5, 5.41) is 4.23. The third-order valence-corrected chi connectivity index (χ3v) is 4.07. The zero-order chi connectivity index (χ0) is 15.4. The predicted octanol–water partition coefficient (Wildman–Crippen LogP) is 2.73. The number of para-hydroxylation sites is 1. The third kappa shape index (κ3) is 3.65. The van der Waals surface area contributed by atoms with Gasteiger partial charge in [0, 0.05) is 18.2 Å². The molecule has 1 aromatic carbocycles. The van der Waals surface area contributed by atoms with Gasteiger partial charge in [0.25, 0.3) is 0 Å². The fourth-order valence-corrected chi connectivity index (χ4v) is 3.08. The van der Waals surface area contributed by atoms with Crippen LogP contribution in [0.2, 0.25) is 0 Å². The molecule has 1 aromatic heterocycles. The smallest absolute Gasteiger partial charge is 0.137 e. The first-order valence-electron chi connectivity index (χ1n) is 8.03. The lowest BCUT2D eigenvalue weighted by atomic mass is 10.1. The zero-order valence-electron chi connectivity index (χ0n) is 13.4. The molecule has 1 atom stereocenters. The molecule has 0 unspecified atom stereocenters. The van der Waals surface area contributed by atoms with Crippen LogP contribution >= 0.6 is 0 Å². The van der Waals surface area contributed by atoms with Crippen LogP contribution in [-0.4, -0.2) is 38.4 Å². The number of likely N-dealkylation sites (tertiary alicyclic amines) is 1. The van der Waals surface area contributed by atoms with Crippen molar-refractivity contribution in [2.24, 2.45) is 0 Å². The molecule has 0 saturated carbocycles. The maximum Gasteiger partial charge on any atom is 0.137 e. The molecule has 5 nitrogen and oxygen atoms in total. The van der Waals surface area contributed by atoms with Gasteiger partial charge in [-0.3, -0.25) is 9.58 Å². The molecule has 0 aliphatic carbocycles. The minimum Gasteiger partial charge on any atom is -0.491 e. The highest BCUT2D eigenvalue weighted by Gasteiger charge is 2.25. The summed E-state index contributed by atoms with van der Waals surface area (Å²) in [6.07, 6.45) is 6.06. The first-order chi connectivity index (χ1) is 10.7. The van der Waals surface area contributed by atoms with E-state index in [0.29, 0.717) is 6.04 Å². The standard InChI is InChI=1S/C17H24N4O/c1-14(2)22-17-8-4-3-6-15(17)10-20-9-5-7-16(20)11-21-13-18-12-19-21/h3-4,6,8,12-14,16H,5,7,9-11H2,1-2H3/t16-/m1/s1. The molecule has 3 rings (SSSR count). The van der Waals surface area contributed by atoms with Gasteiger partial charge in [0.2, 0.25) is 0 Å². The van der Waals surface area contributed by atoms with E-state index in [1.807, 2.05) is 10.7 Å². The highest BCUT2D eigenvalue weighted by molar-refractivity contribution is 5.33. The fourth-order valence-electron chi connectivity index (χ4n) is 3.08. The van der Waals surface area contributed by atoms with Crippen molar-refractivity contribution in [1.29, 1.82) is 0 Å². The van der Waals surface area contributed by atoms with Gasteiger partial charge in [-0.2, -0.15) is 5.10 Å². The Morgan fingerprint density at radius 1 is 1.32 bits per heavy atom. The molecule has 1 saturated heterocycles. The van der Waals surface area contributed by atoms with Crippen molar-refractivity contribution >= 4 is 0 Å². The number of hydrogen-bond donors (Lipinski definition) is 0. The minimum atomic E-state index is 0.200. The molecule has 1 aliphatic heterocycles. The summed E-state index contributed by atoms with van der Waals surface area (Å²) in [7, 11) is 0. The summed E-state index contributed by atoms with van der Waals surface area (Å²) >= 11 is 0. The van der Waals surface area contributed by atoms with Crippen molar-refractivity contribution in [3.63, 3.8) is 0 Å². The van der Waals surface area contributed by atoms with Crippen molar-refractivity contribution < 1.29 is 4.74 Å². The van der Waals surface area contributed by atoms with Crippen LogP contribution < -0.4 is 4.74 Å². The molecule has 118 valence electrons. The van der Waals surface area contributed by atoms with E-state index in [9.17, 15) is 0 Å². The summed E-state index contributed by atoms with van der Waals surface area (Å²) in [5.41, 5.74) is 1.27. The van der Waals surface area contributed by atoms with Crippen LogP contribution in [0.25, 0.3) is 0 Å². The van der Waals surface area contributed by atoms with E-state index >= 15 is 0 Å². The molecule has 22 heavy (non-hydrogen) atoms. The second-order valence-electron chi connectivity index (χ2n) is 6.16. The van der Waals surface area contributed by atoms with Crippen LogP contribution in [0.3, 0.4) is 0 Å². The predicted molar refractivity (Wildman–Crippen MR) is 85.7 cm³/mol. The lowest BCUT2D eigenvalue weighted by Crippen LogP contribution is -2.32. The zero-order valence-corrected chi connectivity index (χ0v) is 13.4. The average Bonchev–Trinajstić information content (AvgIpc) is 3.14. The van der Waals surface area contributed by atoms with Gasteiger partial charge in [0.05, 0.1) is 12.6 Å². The summed E-state index contributed by atoms with van der Waals surface area (Å²) in [6, 6.07) is 8.89. The molecular weight excluding hydrogens is 276 g/mol. The number of ether oxygens (including phenoxy) is 1. The van der Waals surface area contributed by atoms with Crippen LogP contribution in [0.1, 0.15) is 32.3 Å². The number of aromatic nitrogens is 3. The Morgan fingerprint density at radius 3 is 2.95 bits per heavy atom. The van der Waals surface area contributed by atoms with E-state index in [1.165, 1.54) is 18.4 Å². The van der Waals surface area contributed by atoms with Crippen molar-refractivity contribution in [3.8, 4) is 5.75 Å². The molecule has 1 fully saturated rings. The van der Waals surface area contributed by atoms with E-state index in [-0.39, 0.29) is 6.10 Å². The molecule has 2 heterocycles. The van der Waals surface area contributed by atoms with Gasteiger partial charge >= 0.3 is 0 Å². The number of nitrogens with zero attached hydrogens (tertiary/aromatic N) is 4. The van der Waals surface area contributed by atoms with Crippen molar-refractivity contribution in [2.45, 2.75) is 51.9 Å². The van der Waals surface area contributed by atoms with Gasteiger partial charge in [0.15, 0.2) is 0 Å². The quantitative estimate of drug-likeness (QED) is 0.823. The van der Waals surface area contributed by atoms with Gasteiger partial charge in [0.1, 0.15) is 18.4 Å². The monoisotopic (exact) mass is 300 g/mol.